The molecule has 1 amide bonds. The SMILES string of the molecule is CO[C@@H]1CCC[C@@]12CCCN(C(=O)c1nc3ccc(Cl)cn3c1F)C2. The second-order valence-corrected chi connectivity index (χ2v) is 7.57. The lowest BCUT2D eigenvalue weighted by Crippen LogP contribution is -2.50. The molecule has 5 nitrogen and oxygen atoms in total. The van der Waals surface area contributed by atoms with Crippen LogP contribution in [-0.2, 0) is 4.74 Å². The summed E-state index contributed by atoms with van der Waals surface area (Å²) in [6.45, 7) is 1.24. The van der Waals surface area contributed by atoms with Crippen molar-refractivity contribution in [2.75, 3.05) is 20.2 Å². The summed E-state index contributed by atoms with van der Waals surface area (Å²) in [5, 5.41) is 0.397. The van der Waals surface area contributed by atoms with Gasteiger partial charge < -0.3 is 9.64 Å². The van der Waals surface area contributed by atoms with Crippen molar-refractivity contribution in [3.05, 3.63) is 35.0 Å². The van der Waals surface area contributed by atoms with Crippen LogP contribution in [0.5, 0.6) is 0 Å². The van der Waals surface area contributed by atoms with Crippen LogP contribution >= 0.6 is 11.6 Å². The van der Waals surface area contributed by atoms with Gasteiger partial charge in [-0.25, -0.2) is 4.98 Å². The third-order valence-corrected chi connectivity index (χ3v) is 5.95. The standard InChI is InChI=1S/C18H21ClFN3O2/c1-25-13-4-2-7-18(13)8-3-9-22(11-18)17(24)15-16(20)23-10-12(19)5-6-14(23)21-15/h5-6,10,13H,2-4,7-9,11H2,1H3/t13-,18+/m1/s1. The van der Waals surface area contributed by atoms with E-state index in [-0.39, 0.29) is 23.1 Å². The molecule has 1 spiro atoms. The molecule has 4 rings (SSSR count). The zero-order valence-electron chi connectivity index (χ0n) is 14.2. The minimum Gasteiger partial charge on any atom is -0.381 e. The maximum absolute atomic E-state index is 14.7. The Morgan fingerprint density at radius 1 is 1.40 bits per heavy atom. The first-order valence-electron chi connectivity index (χ1n) is 8.69. The van der Waals surface area contributed by atoms with Gasteiger partial charge in [-0.3, -0.25) is 9.20 Å². The lowest BCUT2D eigenvalue weighted by Gasteiger charge is -2.43. The van der Waals surface area contributed by atoms with E-state index in [2.05, 4.69) is 4.98 Å². The number of carbonyl (C=O) groups excluding carboxylic acids is 1. The summed E-state index contributed by atoms with van der Waals surface area (Å²) < 4.78 is 21.6. The zero-order valence-corrected chi connectivity index (χ0v) is 14.9. The molecule has 3 heterocycles. The van der Waals surface area contributed by atoms with Gasteiger partial charge in [0.2, 0.25) is 5.95 Å². The van der Waals surface area contributed by atoms with Crippen LogP contribution in [0.2, 0.25) is 5.02 Å². The van der Waals surface area contributed by atoms with E-state index in [1.54, 1.807) is 24.1 Å². The molecule has 2 atom stereocenters. The van der Waals surface area contributed by atoms with Gasteiger partial charge in [-0.2, -0.15) is 4.39 Å². The average Bonchev–Trinajstić information content (AvgIpc) is 3.15. The summed E-state index contributed by atoms with van der Waals surface area (Å²) in [6, 6.07) is 3.24. The van der Waals surface area contributed by atoms with Crippen molar-refractivity contribution in [3.63, 3.8) is 0 Å². The Morgan fingerprint density at radius 3 is 3.00 bits per heavy atom. The van der Waals surface area contributed by atoms with Crippen LogP contribution < -0.4 is 0 Å². The highest BCUT2D eigenvalue weighted by Gasteiger charge is 2.47. The molecule has 25 heavy (non-hydrogen) atoms. The Morgan fingerprint density at radius 2 is 2.20 bits per heavy atom. The van der Waals surface area contributed by atoms with Crippen molar-refractivity contribution >= 4 is 23.2 Å². The molecule has 1 saturated heterocycles. The van der Waals surface area contributed by atoms with Crippen molar-refractivity contribution in [2.45, 2.75) is 38.2 Å². The predicted molar refractivity (Wildman–Crippen MR) is 92.4 cm³/mol. The molecule has 1 saturated carbocycles. The maximum atomic E-state index is 14.7. The summed E-state index contributed by atoms with van der Waals surface area (Å²) in [7, 11) is 1.74. The molecule has 0 unspecified atom stereocenters. The number of halogens is 2. The van der Waals surface area contributed by atoms with Gasteiger partial charge >= 0.3 is 0 Å². The number of methoxy groups -OCH3 is 1. The number of amides is 1. The van der Waals surface area contributed by atoms with Crippen molar-refractivity contribution in [2.24, 2.45) is 5.41 Å². The molecule has 2 fully saturated rings. The van der Waals surface area contributed by atoms with Crippen LogP contribution in [0.4, 0.5) is 4.39 Å². The number of piperidine rings is 1. The first kappa shape index (κ1) is 16.8. The van der Waals surface area contributed by atoms with Gasteiger partial charge in [0.1, 0.15) is 5.65 Å². The first-order valence-corrected chi connectivity index (χ1v) is 9.07. The number of pyridine rings is 1. The van der Waals surface area contributed by atoms with Crippen LogP contribution in [0.3, 0.4) is 0 Å². The third-order valence-electron chi connectivity index (χ3n) is 5.73. The van der Waals surface area contributed by atoms with Gasteiger partial charge in [0.15, 0.2) is 5.69 Å². The van der Waals surface area contributed by atoms with E-state index >= 15 is 0 Å². The van der Waals surface area contributed by atoms with Crippen LogP contribution in [-0.4, -0.2) is 46.5 Å². The molecular weight excluding hydrogens is 345 g/mol. The molecule has 0 aromatic carbocycles. The van der Waals surface area contributed by atoms with Gasteiger partial charge in [0, 0.05) is 31.8 Å². The largest absolute Gasteiger partial charge is 0.381 e. The number of hydrogen-bond acceptors (Lipinski definition) is 3. The second kappa shape index (κ2) is 6.25. The molecule has 0 N–H and O–H groups in total. The number of nitrogens with zero attached hydrogens (tertiary/aromatic N) is 3. The first-order chi connectivity index (χ1) is 12.0. The summed E-state index contributed by atoms with van der Waals surface area (Å²) in [5.74, 6) is -1.00. The smallest absolute Gasteiger partial charge is 0.277 e. The minimum atomic E-state index is -0.656. The molecular formula is C18H21ClFN3O2. The fraction of sp³-hybridized carbons (Fsp3) is 0.556. The van der Waals surface area contributed by atoms with Crippen LogP contribution in [0.25, 0.3) is 5.65 Å². The highest BCUT2D eigenvalue weighted by atomic mass is 35.5. The topological polar surface area (TPSA) is 46.8 Å². The molecule has 2 aromatic heterocycles. The summed E-state index contributed by atoms with van der Waals surface area (Å²) in [6.07, 6.45) is 6.77. The summed E-state index contributed by atoms with van der Waals surface area (Å²) in [4.78, 5) is 18.9. The summed E-state index contributed by atoms with van der Waals surface area (Å²) >= 11 is 5.92. The summed E-state index contributed by atoms with van der Waals surface area (Å²) in [5.41, 5.74) is 0.251. The number of fused-ring (bicyclic) bond motifs is 1. The number of hydrogen-bond donors (Lipinski definition) is 0. The predicted octanol–water partition coefficient (Wildman–Crippen LogP) is 3.55. The fourth-order valence-corrected chi connectivity index (χ4v) is 4.71. The van der Waals surface area contributed by atoms with E-state index in [1.165, 1.54) is 10.6 Å². The van der Waals surface area contributed by atoms with Gasteiger partial charge in [-0.15, -0.1) is 0 Å². The minimum absolute atomic E-state index is 0.00159. The lowest BCUT2D eigenvalue weighted by molar-refractivity contribution is -0.0297. The Labute approximate surface area is 150 Å². The molecule has 0 radical (unpaired) electrons. The molecule has 1 aliphatic heterocycles. The number of aromatic nitrogens is 2. The van der Waals surface area contributed by atoms with Gasteiger partial charge in [-0.05, 0) is 37.8 Å². The fourth-order valence-electron chi connectivity index (χ4n) is 4.55. The average molecular weight is 366 g/mol. The van der Waals surface area contributed by atoms with E-state index in [9.17, 15) is 9.18 Å². The molecule has 134 valence electrons. The zero-order chi connectivity index (χ0) is 17.6. The Kier molecular flexibility index (Phi) is 4.20. The van der Waals surface area contributed by atoms with E-state index in [1.807, 2.05) is 0 Å². The van der Waals surface area contributed by atoms with Gasteiger partial charge in [0.25, 0.3) is 5.91 Å². The highest BCUT2D eigenvalue weighted by Crippen LogP contribution is 2.46. The van der Waals surface area contributed by atoms with Crippen molar-refractivity contribution in [1.82, 2.24) is 14.3 Å². The van der Waals surface area contributed by atoms with Crippen molar-refractivity contribution in [3.8, 4) is 0 Å². The number of imidazole rings is 1. The molecule has 2 aliphatic rings. The van der Waals surface area contributed by atoms with Crippen molar-refractivity contribution in [1.29, 1.82) is 0 Å². The van der Waals surface area contributed by atoms with Crippen molar-refractivity contribution < 1.29 is 13.9 Å². The Hall–Kier alpha value is -1.66. The molecule has 1 aliphatic carbocycles. The van der Waals surface area contributed by atoms with E-state index < -0.39 is 5.95 Å². The number of ether oxygens (including phenoxy) is 1. The molecule has 2 aromatic rings. The maximum Gasteiger partial charge on any atom is 0.277 e. The Bertz CT molecular complexity index is 824. The Balaban J connectivity index is 1.64. The number of likely N-dealkylation sites (tertiary alicyclic amines) is 1. The second-order valence-electron chi connectivity index (χ2n) is 7.14. The van der Waals surface area contributed by atoms with E-state index in [0.717, 1.165) is 32.1 Å². The monoisotopic (exact) mass is 365 g/mol. The third kappa shape index (κ3) is 2.72. The highest BCUT2D eigenvalue weighted by molar-refractivity contribution is 6.30. The van der Waals surface area contributed by atoms with Crippen LogP contribution in [0.1, 0.15) is 42.6 Å². The molecule has 7 heteroatoms. The molecule has 0 bridgehead atoms. The van der Waals surface area contributed by atoms with Gasteiger partial charge in [-0.1, -0.05) is 18.0 Å². The number of carbonyl (C=O) groups is 1. The normalized spacial score (nSPS) is 26.7. The van der Waals surface area contributed by atoms with Crippen LogP contribution in [0, 0.1) is 11.4 Å². The van der Waals surface area contributed by atoms with E-state index in [4.69, 9.17) is 16.3 Å². The quantitative estimate of drug-likeness (QED) is 0.817. The van der Waals surface area contributed by atoms with Gasteiger partial charge in [0.05, 0.1) is 11.1 Å². The van der Waals surface area contributed by atoms with E-state index in [0.29, 0.717) is 23.8 Å². The number of rotatable bonds is 2. The lowest BCUT2D eigenvalue weighted by atomic mass is 9.76. The van der Waals surface area contributed by atoms with Crippen LogP contribution in [0.15, 0.2) is 18.3 Å².